The maximum absolute atomic E-state index is 12.0. The van der Waals surface area contributed by atoms with Gasteiger partial charge in [-0.05, 0) is 17.2 Å². The third kappa shape index (κ3) is 2.98. The van der Waals surface area contributed by atoms with Gasteiger partial charge < -0.3 is 10.5 Å². The molecule has 0 bridgehead atoms. The van der Waals surface area contributed by atoms with Gasteiger partial charge in [-0.3, -0.25) is 5.10 Å². The molecule has 0 saturated carbocycles. The van der Waals surface area contributed by atoms with Crippen LogP contribution in [0.15, 0.2) is 16.1 Å². The van der Waals surface area contributed by atoms with Gasteiger partial charge in [0.2, 0.25) is 11.6 Å². The first-order valence-electron chi connectivity index (χ1n) is 6.39. The van der Waals surface area contributed by atoms with Crippen molar-refractivity contribution in [2.75, 3.05) is 12.3 Å². The predicted octanol–water partition coefficient (Wildman–Crippen LogP) is -0.180. The van der Waals surface area contributed by atoms with Crippen molar-refractivity contribution in [3.8, 4) is 5.82 Å². The largest absolute Gasteiger partial charge is 0.461 e. The predicted molar refractivity (Wildman–Crippen MR) is 75.5 cm³/mol. The number of nitrogens with zero attached hydrogens (tertiary/aromatic N) is 7. The average molecular weight is 337 g/mol. The van der Waals surface area contributed by atoms with Crippen LogP contribution in [0.1, 0.15) is 23.1 Å². The highest BCUT2D eigenvalue weighted by molar-refractivity contribution is 7.98. The standard InChI is InChI=1S/C10H11N9O3S/c1-2-21-9(20)6-5(3-23-10-12-4-13-15-10)19(18-14-6)8-7(11)16-22-17-8/h4H,2-3H2,1H3,(H2,11,16)(H,12,13,15). The summed E-state index contributed by atoms with van der Waals surface area (Å²) in [5.74, 6) is -0.137. The van der Waals surface area contributed by atoms with Crippen molar-refractivity contribution in [2.45, 2.75) is 17.8 Å². The lowest BCUT2D eigenvalue weighted by Crippen LogP contribution is -2.10. The van der Waals surface area contributed by atoms with Crippen molar-refractivity contribution in [1.29, 1.82) is 0 Å². The highest BCUT2D eigenvalue weighted by Crippen LogP contribution is 2.23. The molecule has 3 N–H and O–H groups in total. The molecular formula is C10H11N9O3S. The van der Waals surface area contributed by atoms with E-state index in [1.807, 2.05) is 0 Å². The maximum Gasteiger partial charge on any atom is 0.360 e. The molecule has 3 heterocycles. The number of aromatic amines is 1. The molecule has 3 aromatic rings. The van der Waals surface area contributed by atoms with E-state index < -0.39 is 5.97 Å². The first kappa shape index (κ1) is 15.0. The van der Waals surface area contributed by atoms with Crippen LogP contribution >= 0.6 is 11.8 Å². The number of thioether (sulfide) groups is 1. The van der Waals surface area contributed by atoms with Crippen molar-refractivity contribution in [2.24, 2.45) is 0 Å². The van der Waals surface area contributed by atoms with Gasteiger partial charge in [0.1, 0.15) is 6.33 Å². The minimum Gasteiger partial charge on any atom is -0.461 e. The van der Waals surface area contributed by atoms with Crippen LogP contribution in [0.3, 0.4) is 0 Å². The Labute approximate surface area is 132 Å². The van der Waals surface area contributed by atoms with Crippen LogP contribution in [0.25, 0.3) is 5.82 Å². The van der Waals surface area contributed by atoms with Gasteiger partial charge in [-0.25, -0.2) is 14.4 Å². The summed E-state index contributed by atoms with van der Waals surface area (Å²) in [7, 11) is 0. The summed E-state index contributed by atoms with van der Waals surface area (Å²) >= 11 is 1.29. The number of hydrogen-bond acceptors (Lipinski definition) is 11. The topological polar surface area (TPSA) is 164 Å². The van der Waals surface area contributed by atoms with Crippen molar-refractivity contribution in [3.05, 3.63) is 17.7 Å². The Morgan fingerprint density at radius 1 is 1.52 bits per heavy atom. The minimum absolute atomic E-state index is 0.0243. The number of nitrogens with two attached hydrogens (primary N) is 1. The van der Waals surface area contributed by atoms with E-state index >= 15 is 0 Å². The second-order valence-electron chi connectivity index (χ2n) is 4.07. The molecule has 23 heavy (non-hydrogen) atoms. The van der Waals surface area contributed by atoms with Gasteiger partial charge >= 0.3 is 5.97 Å². The van der Waals surface area contributed by atoms with Crippen molar-refractivity contribution in [1.82, 2.24) is 40.5 Å². The van der Waals surface area contributed by atoms with E-state index in [2.05, 4.69) is 40.4 Å². The number of nitrogen functional groups attached to an aromatic ring is 1. The molecule has 0 amide bonds. The molecule has 0 fully saturated rings. The molecule has 3 aromatic heterocycles. The smallest absolute Gasteiger partial charge is 0.360 e. The number of nitrogens with one attached hydrogen (secondary N) is 1. The number of H-pyrrole nitrogens is 1. The summed E-state index contributed by atoms with van der Waals surface area (Å²) in [6.45, 7) is 1.92. The molecule has 120 valence electrons. The quantitative estimate of drug-likeness (QED) is 0.452. The lowest BCUT2D eigenvalue weighted by molar-refractivity contribution is 0.0518. The summed E-state index contributed by atoms with van der Waals surface area (Å²) in [5, 5.41) is 21.9. The Morgan fingerprint density at radius 2 is 2.39 bits per heavy atom. The molecule has 0 aliphatic carbocycles. The van der Waals surface area contributed by atoms with Crippen LogP contribution in [-0.4, -0.2) is 53.1 Å². The molecule has 0 aromatic carbocycles. The molecule has 0 radical (unpaired) electrons. The van der Waals surface area contributed by atoms with Crippen LogP contribution in [-0.2, 0) is 10.5 Å². The zero-order chi connectivity index (χ0) is 16.2. The highest BCUT2D eigenvalue weighted by atomic mass is 32.2. The number of carbonyl (C=O) groups excluding carboxylic acids is 1. The van der Waals surface area contributed by atoms with Crippen molar-refractivity contribution < 1.29 is 14.2 Å². The Kier molecular flexibility index (Phi) is 4.18. The van der Waals surface area contributed by atoms with Gasteiger partial charge in [-0.15, -0.1) is 5.10 Å². The Hall–Kier alpha value is -2.96. The van der Waals surface area contributed by atoms with E-state index in [9.17, 15) is 4.79 Å². The summed E-state index contributed by atoms with van der Waals surface area (Å²) in [6, 6.07) is 0. The lowest BCUT2D eigenvalue weighted by Gasteiger charge is -2.04. The molecule has 0 atom stereocenters. The van der Waals surface area contributed by atoms with Crippen LogP contribution in [0.5, 0.6) is 0 Å². The number of ether oxygens (including phenoxy) is 1. The molecule has 12 nitrogen and oxygen atoms in total. The Bertz CT molecular complexity index is 796. The Morgan fingerprint density at radius 3 is 3.04 bits per heavy atom. The molecule has 0 aliphatic rings. The number of hydrogen-bond donors (Lipinski definition) is 2. The number of aromatic nitrogens is 8. The second-order valence-corrected chi connectivity index (χ2v) is 5.03. The van der Waals surface area contributed by atoms with E-state index in [4.69, 9.17) is 10.5 Å². The van der Waals surface area contributed by atoms with Gasteiger partial charge in [0.15, 0.2) is 10.9 Å². The number of esters is 1. The summed E-state index contributed by atoms with van der Waals surface area (Å²) in [6.07, 6.45) is 1.38. The summed E-state index contributed by atoms with van der Waals surface area (Å²) in [4.78, 5) is 16.0. The first-order chi connectivity index (χ1) is 11.2. The third-order valence-electron chi connectivity index (χ3n) is 2.67. The van der Waals surface area contributed by atoms with Gasteiger partial charge in [0.25, 0.3) is 0 Å². The molecule has 0 spiro atoms. The van der Waals surface area contributed by atoms with E-state index in [1.54, 1.807) is 6.92 Å². The number of rotatable bonds is 6. The maximum atomic E-state index is 12.0. The van der Waals surface area contributed by atoms with Gasteiger partial charge in [-0.1, -0.05) is 17.0 Å². The average Bonchev–Trinajstić information content (AvgIpc) is 3.25. The fourth-order valence-corrected chi connectivity index (χ4v) is 2.47. The van der Waals surface area contributed by atoms with Crippen LogP contribution in [0, 0.1) is 0 Å². The summed E-state index contributed by atoms with van der Waals surface area (Å²) in [5.41, 5.74) is 6.15. The van der Waals surface area contributed by atoms with E-state index in [-0.39, 0.29) is 23.9 Å². The molecule has 0 saturated heterocycles. The van der Waals surface area contributed by atoms with E-state index in [1.165, 1.54) is 22.8 Å². The fourth-order valence-electron chi connectivity index (χ4n) is 1.70. The van der Waals surface area contributed by atoms with Gasteiger partial charge in [0.05, 0.1) is 12.3 Å². The monoisotopic (exact) mass is 337 g/mol. The van der Waals surface area contributed by atoms with Crippen LogP contribution in [0.2, 0.25) is 0 Å². The van der Waals surface area contributed by atoms with E-state index in [0.717, 1.165) is 0 Å². The van der Waals surface area contributed by atoms with Crippen LogP contribution < -0.4 is 5.73 Å². The first-order valence-corrected chi connectivity index (χ1v) is 7.37. The fraction of sp³-hybridized carbons (Fsp3) is 0.300. The van der Waals surface area contributed by atoms with Gasteiger partial charge in [0, 0.05) is 5.75 Å². The minimum atomic E-state index is -0.595. The molecule has 3 rings (SSSR count). The summed E-state index contributed by atoms with van der Waals surface area (Å²) < 4.78 is 10.8. The number of carbonyl (C=O) groups is 1. The van der Waals surface area contributed by atoms with Crippen LogP contribution in [0.4, 0.5) is 5.82 Å². The second kappa shape index (κ2) is 6.43. The molecular weight excluding hydrogens is 326 g/mol. The highest BCUT2D eigenvalue weighted by Gasteiger charge is 2.25. The Balaban J connectivity index is 1.96. The molecule has 0 unspecified atom stereocenters. The van der Waals surface area contributed by atoms with Gasteiger partial charge in [-0.2, -0.15) is 9.78 Å². The van der Waals surface area contributed by atoms with Crippen molar-refractivity contribution in [3.63, 3.8) is 0 Å². The molecule has 0 aliphatic heterocycles. The lowest BCUT2D eigenvalue weighted by atomic mass is 10.3. The van der Waals surface area contributed by atoms with Crippen molar-refractivity contribution >= 4 is 23.5 Å². The SMILES string of the molecule is CCOC(=O)c1nnn(-c2nonc2N)c1CSc1ncn[nH]1. The third-order valence-corrected chi connectivity index (χ3v) is 3.55. The zero-order valence-corrected chi connectivity index (χ0v) is 12.6. The molecule has 13 heteroatoms. The number of anilines is 1. The van der Waals surface area contributed by atoms with E-state index in [0.29, 0.717) is 16.6 Å². The normalized spacial score (nSPS) is 10.8. The zero-order valence-electron chi connectivity index (χ0n) is 11.8.